The SMILES string of the molecule is Cc1ccc(NC(=O)C2CN(C(=O)CCl)C2)s1. The van der Waals surface area contributed by atoms with E-state index in [1.54, 1.807) is 16.2 Å². The molecule has 6 heteroatoms. The first-order chi connectivity index (χ1) is 8.10. The second-order valence-electron chi connectivity index (χ2n) is 4.03. The largest absolute Gasteiger partial charge is 0.340 e. The number of carbonyl (C=O) groups is 2. The van der Waals surface area contributed by atoms with E-state index in [0.29, 0.717) is 13.1 Å². The standard InChI is InChI=1S/C11H13ClN2O2S/c1-7-2-3-9(17-7)13-11(16)8-5-14(6-8)10(15)4-12/h2-3,8H,4-6H2,1H3,(H,13,16). The number of thiophene rings is 1. The van der Waals surface area contributed by atoms with Gasteiger partial charge in [0, 0.05) is 18.0 Å². The molecule has 2 heterocycles. The zero-order valence-electron chi connectivity index (χ0n) is 9.40. The van der Waals surface area contributed by atoms with Crippen molar-refractivity contribution in [3.05, 3.63) is 17.0 Å². The number of aryl methyl sites for hydroxylation is 1. The van der Waals surface area contributed by atoms with E-state index in [0.717, 1.165) is 9.88 Å². The van der Waals surface area contributed by atoms with Crippen molar-refractivity contribution in [2.75, 3.05) is 24.3 Å². The molecular formula is C11H13ClN2O2S. The van der Waals surface area contributed by atoms with E-state index < -0.39 is 0 Å². The summed E-state index contributed by atoms with van der Waals surface area (Å²) in [5, 5.41) is 3.71. The number of nitrogens with one attached hydrogen (secondary N) is 1. The third-order valence-corrected chi connectivity index (χ3v) is 3.85. The molecule has 2 rings (SSSR count). The lowest BCUT2D eigenvalue weighted by Gasteiger charge is -2.37. The number of nitrogens with zero attached hydrogens (tertiary/aromatic N) is 1. The average molecular weight is 273 g/mol. The Labute approximate surface area is 109 Å². The fourth-order valence-electron chi connectivity index (χ4n) is 1.66. The molecule has 1 fully saturated rings. The summed E-state index contributed by atoms with van der Waals surface area (Å²) in [6.07, 6.45) is 0. The van der Waals surface area contributed by atoms with Crippen LogP contribution in [0.3, 0.4) is 0 Å². The monoisotopic (exact) mass is 272 g/mol. The summed E-state index contributed by atoms with van der Waals surface area (Å²) in [6, 6.07) is 3.85. The van der Waals surface area contributed by atoms with Gasteiger partial charge in [0.2, 0.25) is 11.8 Å². The van der Waals surface area contributed by atoms with Gasteiger partial charge >= 0.3 is 0 Å². The van der Waals surface area contributed by atoms with Crippen LogP contribution in [0.15, 0.2) is 12.1 Å². The van der Waals surface area contributed by atoms with Crippen LogP contribution in [-0.4, -0.2) is 35.7 Å². The lowest BCUT2D eigenvalue weighted by molar-refractivity contribution is -0.138. The summed E-state index contributed by atoms with van der Waals surface area (Å²) in [5.41, 5.74) is 0. The first kappa shape index (κ1) is 12.4. The molecule has 0 aliphatic carbocycles. The predicted molar refractivity (Wildman–Crippen MR) is 68.5 cm³/mol. The molecule has 92 valence electrons. The third-order valence-electron chi connectivity index (χ3n) is 2.71. The number of likely N-dealkylation sites (tertiary alicyclic amines) is 1. The third kappa shape index (κ3) is 2.79. The van der Waals surface area contributed by atoms with Crippen molar-refractivity contribution in [1.82, 2.24) is 4.90 Å². The lowest BCUT2D eigenvalue weighted by atomic mass is 9.99. The highest BCUT2D eigenvalue weighted by Crippen LogP contribution is 2.23. The van der Waals surface area contributed by atoms with E-state index in [-0.39, 0.29) is 23.6 Å². The minimum atomic E-state index is -0.109. The molecule has 17 heavy (non-hydrogen) atoms. The molecule has 1 saturated heterocycles. The number of carbonyl (C=O) groups excluding carboxylic acids is 2. The molecule has 1 aliphatic heterocycles. The van der Waals surface area contributed by atoms with Crippen molar-refractivity contribution in [2.45, 2.75) is 6.92 Å². The predicted octanol–water partition coefficient (Wildman–Crippen LogP) is 1.69. The van der Waals surface area contributed by atoms with Crippen LogP contribution < -0.4 is 5.32 Å². The van der Waals surface area contributed by atoms with Crippen molar-refractivity contribution in [2.24, 2.45) is 5.92 Å². The van der Waals surface area contributed by atoms with Crippen molar-refractivity contribution >= 4 is 39.8 Å². The van der Waals surface area contributed by atoms with E-state index in [1.807, 2.05) is 19.1 Å². The number of hydrogen-bond acceptors (Lipinski definition) is 3. The van der Waals surface area contributed by atoms with Gasteiger partial charge in [0.05, 0.1) is 10.9 Å². The number of anilines is 1. The van der Waals surface area contributed by atoms with Crippen molar-refractivity contribution in [1.29, 1.82) is 0 Å². The molecule has 2 amide bonds. The van der Waals surface area contributed by atoms with Crippen LogP contribution in [0.4, 0.5) is 5.00 Å². The molecule has 0 unspecified atom stereocenters. The number of halogens is 1. The number of rotatable bonds is 3. The zero-order chi connectivity index (χ0) is 12.4. The molecule has 0 saturated carbocycles. The van der Waals surface area contributed by atoms with Crippen LogP contribution in [0.5, 0.6) is 0 Å². The maximum atomic E-state index is 11.8. The smallest absolute Gasteiger partial charge is 0.237 e. The number of amides is 2. The van der Waals surface area contributed by atoms with Gasteiger partial charge in [-0.2, -0.15) is 0 Å². The molecule has 0 bridgehead atoms. The van der Waals surface area contributed by atoms with Crippen LogP contribution in [-0.2, 0) is 9.59 Å². The molecule has 1 aromatic heterocycles. The van der Waals surface area contributed by atoms with Gasteiger partial charge in [-0.1, -0.05) is 0 Å². The molecule has 1 aliphatic rings. The van der Waals surface area contributed by atoms with Crippen LogP contribution in [0.25, 0.3) is 0 Å². The summed E-state index contributed by atoms with van der Waals surface area (Å²) in [7, 11) is 0. The van der Waals surface area contributed by atoms with Gasteiger partial charge in [0.1, 0.15) is 5.88 Å². The van der Waals surface area contributed by atoms with Gasteiger partial charge < -0.3 is 10.2 Å². The topological polar surface area (TPSA) is 49.4 Å². The summed E-state index contributed by atoms with van der Waals surface area (Å²) in [4.78, 5) is 25.7. The van der Waals surface area contributed by atoms with Crippen LogP contribution in [0.2, 0.25) is 0 Å². The van der Waals surface area contributed by atoms with E-state index in [1.165, 1.54) is 0 Å². The van der Waals surface area contributed by atoms with Crippen LogP contribution >= 0.6 is 22.9 Å². The van der Waals surface area contributed by atoms with E-state index in [2.05, 4.69) is 5.32 Å². The first-order valence-electron chi connectivity index (χ1n) is 5.31. The van der Waals surface area contributed by atoms with Gasteiger partial charge in [-0.3, -0.25) is 9.59 Å². The molecule has 1 aromatic rings. The van der Waals surface area contributed by atoms with Gasteiger partial charge in [-0.05, 0) is 19.1 Å². The Morgan fingerprint density at radius 2 is 2.24 bits per heavy atom. The fraction of sp³-hybridized carbons (Fsp3) is 0.455. The molecule has 0 atom stereocenters. The van der Waals surface area contributed by atoms with Crippen LogP contribution in [0.1, 0.15) is 4.88 Å². The highest BCUT2D eigenvalue weighted by Gasteiger charge is 2.35. The molecule has 4 nitrogen and oxygen atoms in total. The molecule has 0 radical (unpaired) electrons. The van der Waals surface area contributed by atoms with Gasteiger partial charge in [-0.25, -0.2) is 0 Å². The molecule has 0 spiro atoms. The van der Waals surface area contributed by atoms with Gasteiger partial charge in [0.15, 0.2) is 0 Å². The summed E-state index contributed by atoms with van der Waals surface area (Å²) in [5.74, 6) is -0.254. The maximum Gasteiger partial charge on any atom is 0.237 e. The van der Waals surface area contributed by atoms with E-state index >= 15 is 0 Å². The quantitative estimate of drug-likeness (QED) is 0.852. The minimum Gasteiger partial charge on any atom is -0.340 e. The summed E-state index contributed by atoms with van der Waals surface area (Å²) >= 11 is 6.98. The second kappa shape index (κ2) is 5.06. The van der Waals surface area contributed by atoms with E-state index in [4.69, 9.17) is 11.6 Å². The Balaban J connectivity index is 1.82. The Hall–Kier alpha value is -1.07. The van der Waals surface area contributed by atoms with E-state index in [9.17, 15) is 9.59 Å². The Kier molecular flexibility index (Phi) is 3.69. The summed E-state index contributed by atoms with van der Waals surface area (Å²) < 4.78 is 0. The first-order valence-corrected chi connectivity index (χ1v) is 6.66. The van der Waals surface area contributed by atoms with Gasteiger partial charge in [-0.15, -0.1) is 22.9 Å². The average Bonchev–Trinajstić information content (AvgIpc) is 2.61. The zero-order valence-corrected chi connectivity index (χ0v) is 11.0. The van der Waals surface area contributed by atoms with Crippen LogP contribution in [0, 0.1) is 12.8 Å². The Morgan fingerprint density at radius 1 is 1.53 bits per heavy atom. The van der Waals surface area contributed by atoms with Crippen molar-refractivity contribution in [3.8, 4) is 0 Å². The van der Waals surface area contributed by atoms with Gasteiger partial charge in [0.25, 0.3) is 0 Å². The lowest BCUT2D eigenvalue weighted by Crippen LogP contribution is -2.54. The molecule has 0 aromatic carbocycles. The Morgan fingerprint density at radius 3 is 2.76 bits per heavy atom. The fourth-order valence-corrected chi connectivity index (χ4v) is 2.60. The second-order valence-corrected chi connectivity index (χ2v) is 5.58. The molecular weight excluding hydrogens is 260 g/mol. The highest BCUT2D eigenvalue weighted by atomic mass is 35.5. The van der Waals surface area contributed by atoms with Crippen molar-refractivity contribution < 1.29 is 9.59 Å². The highest BCUT2D eigenvalue weighted by molar-refractivity contribution is 7.16. The maximum absolute atomic E-state index is 11.8. The minimum absolute atomic E-state index is 0.0154. The Bertz CT molecular complexity index is 440. The number of alkyl halides is 1. The normalized spacial score (nSPS) is 15.5. The molecule has 1 N–H and O–H groups in total. The van der Waals surface area contributed by atoms with Crippen molar-refractivity contribution in [3.63, 3.8) is 0 Å². The number of hydrogen-bond donors (Lipinski definition) is 1. The summed E-state index contributed by atoms with van der Waals surface area (Å²) in [6.45, 7) is 2.94.